The third-order valence-corrected chi connectivity index (χ3v) is 5.02. The van der Waals surface area contributed by atoms with Crippen molar-refractivity contribution in [3.05, 3.63) is 64.2 Å². The quantitative estimate of drug-likeness (QED) is 0.909. The van der Waals surface area contributed by atoms with Gasteiger partial charge in [-0.2, -0.15) is 0 Å². The summed E-state index contributed by atoms with van der Waals surface area (Å²) in [5.41, 5.74) is 3.87. The zero-order valence-electron chi connectivity index (χ0n) is 14.4. The first-order chi connectivity index (χ1) is 12.0. The molecule has 130 valence electrons. The lowest BCUT2D eigenvalue weighted by Crippen LogP contribution is -2.32. The van der Waals surface area contributed by atoms with Crippen LogP contribution in [0.15, 0.2) is 42.5 Å². The van der Waals surface area contributed by atoms with Crippen LogP contribution in [0.25, 0.3) is 0 Å². The molecule has 0 aliphatic carbocycles. The lowest BCUT2D eigenvalue weighted by molar-refractivity contribution is -0.126. The second-order valence-electron chi connectivity index (χ2n) is 6.49. The van der Waals surface area contributed by atoms with E-state index in [0.717, 1.165) is 16.8 Å². The molecule has 0 aromatic heterocycles. The molecule has 3 rings (SSSR count). The summed E-state index contributed by atoms with van der Waals surface area (Å²) in [5, 5.41) is 3.56. The number of rotatable bonds is 4. The summed E-state index contributed by atoms with van der Waals surface area (Å²) in [7, 11) is 0. The molecule has 0 bridgehead atoms. The summed E-state index contributed by atoms with van der Waals surface area (Å²) in [6.45, 7) is 4.77. The molecule has 0 saturated carbocycles. The van der Waals surface area contributed by atoms with Gasteiger partial charge in [-0.3, -0.25) is 9.59 Å². The molecule has 5 heteroatoms. The van der Waals surface area contributed by atoms with Gasteiger partial charge in [0, 0.05) is 30.2 Å². The second-order valence-corrected chi connectivity index (χ2v) is 6.90. The second kappa shape index (κ2) is 7.28. The van der Waals surface area contributed by atoms with Gasteiger partial charge in [0.2, 0.25) is 11.8 Å². The molecule has 0 radical (unpaired) electrons. The minimum atomic E-state index is -0.337. The van der Waals surface area contributed by atoms with Crippen molar-refractivity contribution < 1.29 is 9.59 Å². The lowest BCUT2D eigenvalue weighted by atomic mass is 10.1. The molecule has 1 N–H and O–H groups in total. The molecule has 25 heavy (non-hydrogen) atoms. The van der Waals surface area contributed by atoms with Crippen LogP contribution in [-0.4, -0.2) is 18.4 Å². The van der Waals surface area contributed by atoms with Crippen molar-refractivity contribution in [3.63, 3.8) is 0 Å². The molecule has 2 aromatic carbocycles. The monoisotopic (exact) mass is 356 g/mol. The van der Waals surface area contributed by atoms with E-state index in [9.17, 15) is 9.59 Å². The largest absolute Gasteiger partial charge is 0.352 e. The number of nitrogens with one attached hydrogen (secondary N) is 1. The Hall–Kier alpha value is -2.33. The number of anilines is 1. The van der Waals surface area contributed by atoms with Gasteiger partial charge in [-0.25, -0.2) is 0 Å². The highest BCUT2D eigenvalue weighted by atomic mass is 35.5. The fraction of sp³-hybridized carbons (Fsp3) is 0.300. The predicted octanol–water partition coefficient (Wildman–Crippen LogP) is 3.63. The van der Waals surface area contributed by atoms with E-state index in [1.807, 2.05) is 50.2 Å². The summed E-state index contributed by atoms with van der Waals surface area (Å²) in [6, 6.07) is 13.5. The van der Waals surface area contributed by atoms with Gasteiger partial charge in [-0.05, 0) is 37.1 Å². The standard InChI is InChI=1S/C20H21ClN2O2/c1-13-6-8-15(9-7-13)11-22-20(25)16-10-19(24)23(12-16)18-5-3-4-17(21)14(18)2/h3-9,16H,10-12H2,1-2H3,(H,22,25). The maximum atomic E-state index is 12.4. The van der Waals surface area contributed by atoms with Crippen LogP contribution in [0, 0.1) is 19.8 Å². The van der Waals surface area contributed by atoms with Crippen LogP contribution in [0.4, 0.5) is 5.69 Å². The van der Waals surface area contributed by atoms with Crippen LogP contribution in [-0.2, 0) is 16.1 Å². The number of aryl methyl sites for hydroxylation is 1. The third-order valence-electron chi connectivity index (χ3n) is 4.61. The Bertz CT molecular complexity index is 802. The van der Waals surface area contributed by atoms with E-state index in [4.69, 9.17) is 11.6 Å². The highest BCUT2D eigenvalue weighted by Gasteiger charge is 2.35. The number of carbonyl (C=O) groups excluding carboxylic acids is 2. The van der Waals surface area contributed by atoms with Crippen LogP contribution in [0.2, 0.25) is 5.02 Å². The zero-order chi connectivity index (χ0) is 18.0. The van der Waals surface area contributed by atoms with Gasteiger partial charge < -0.3 is 10.2 Å². The minimum absolute atomic E-state index is 0.0409. The molecule has 1 saturated heterocycles. The lowest BCUT2D eigenvalue weighted by Gasteiger charge is -2.19. The summed E-state index contributed by atoms with van der Waals surface area (Å²) >= 11 is 6.15. The number of hydrogen-bond acceptors (Lipinski definition) is 2. The number of halogens is 1. The molecule has 2 aromatic rings. The summed E-state index contributed by atoms with van der Waals surface area (Å²) < 4.78 is 0. The fourth-order valence-corrected chi connectivity index (χ4v) is 3.21. The van der Waals surface area contributed by atoms with E-state index >= 15 is 0 Å². The van der Waals surface area contributed by atoms with E-state index in [1.54, 1.807) is 11.0 Å². The van der Waals surface area contributed by atoms with E-state index in [2.05, 4.69) is 5.32 Å². The van der Waals surface area contributed by atoms with E-state index in [1.165, 1.54) is 5.56 Å². The van der Waals surface area contributed by atoms with Crippen LogP contribution in [0.5, 0.6) is 0 Å². The number of carbonyl (C=O) groups is 2. The average Bonchev–Trinajstić information content (AvgIpc) is 2.98. The summed E-state index contributed by atoms with van der Waals surface area (Å²) in [6.07, 6.45) is 0.228. The summed E-state index contributed by atoms with van der Waals surface area (Å²) in [4.78, 5) is 26.5. The van der Waals surface area contributed by atoms with Gasteiger partial charge >= 0.3 is 0 Å². The first-order valence-electron chi connectivity index (χ1n) is 8.34. The van der Waals surface area contributed by atoms with Gasteiger partial charge in [0.25, 0.3) is 0 Å². The number of amides is 2. The zero-order valence-corrected chi connectivity index (χ0v) is 15.1. The Morgan fingerprint density at radius 1 is 1.20 bits per heavy atom. The molecule has 2 amide bonds. The van der Waals surface area contributed by atoms with Gasteiger partial charge in [-0.15, -0.1) is 0 Å². The van der Waals surface area contributed by atoms with Gasteiger partial charge in [0.05, 0.1) is 5.92 Å². The van der Waals surface area contributed by atoms with Crippen LogP contribution in [0.3, 0.4) is 0 Å². The number of nitrogens with zero attached hydrogens (tertiary/aromatic N) is 1. The summed E-state index contributed by atoms with van der Waals surface area (Å²) in [5.74, 6) is -0.465. The van der Waals surface area contributed by atoms with Crippen molar-refractivity contribution in [2.24, 2.45) is 5.92 Å². The third kappa shape index (κ3) is 3.85. The molecule has 1 fully saturated rings. The first-order valence-corrected chi connectivity index (χ1v) is 8.72. The van der Waals surface area contributed by atoms with Crippen LogP contribution < -0.4 is 10.2 Å². The molecule has 1 atom stereocenters. The highest BCUT2D eigenvalue weighted by molar-refractivity contribution is 6.31. The average molecular weight is 357 g/mol. The molecule has 1 unspecified atom stereocenters. The van der Waals surface area contributed by atoms with Crippen molar-refractivity contribution >= 4 is 29.1 Å². The van der Waals surface area contributed by atoms with E-state index in [-0.39, 0.29) is 24.2 Å². The van der Waals surface area contributed by atoms with Crippen molar-refractivity contribution in [1.29, 1.82) is 0 Å². The Morgan fingerprint density at radius 3 is 2.64 bits per heavy atom. The molecule has 1 aliphatic rings. The number of benzene rings is 2. The SMILES string of the molecule is Cc1ccc(CNC(=O)C2CC(=O)N(c3cccc(Cl)c3C)C2)cc1. The molecular formula is C20H21ClN2O2. The van der Waals surface area contributed by atoms with Crippen molar-refractivity contribution in [1.82, 2.24) is 5.32 Å². The van der Waals surface area contributed by atoms with Gasteiger partial charge in [0.1, 0.15) is 0 Å². The Labute approximate surface area is 152 Å². The normalized spacial score (nSPS) is 17.0. The molecule has 4 nitrogen and oxygen atoms in total. The molecule has 1 aliphatic heterocycles. The van der Waals surface area contributed by atoms with Crippen LogP contribution >= 0.6 is 11.6 Å². The highest BCUT2D eigenvalue weighted by Crippen LogP contribution is 2.31. The molecule has 0 spiro atoms. The van der Waals surface area contributed by atoms with Gasteiger partial charge in [-0.1, -0.05) is 47.5 Å². The van der Waals surface area contributed by atoms with Crippen molar-refractivity contribution in [2.75, 3.05) is 11.4 Å². The fourth-order valence-electron chi connectivity index (χ4n) is 3.04. The topological polar surface area (TPSA) is 49.4 Å². The number of hydrogen-bond donors (Lipinski definition) is 1. The first kappa shape index (κ1) is 17.5. The molecule has 1 heterocycles. The Balaban J connectivity index is 1.64. The maximum absolute atomic E-state index is 12.4. The molecular weight excluding hydrogens is 336 g/mol. The Kier molecular flexibility index (Phi) is 5.09. The van der Waals surface area contributed by atoms with E-state index < -0.39 is 0 Å². The van der Waals surface area contributed by atoms with E-state index in [0.29, 0.717) is 18.1 Å². The predicted molar refractivity (Wildman–Crippen MR) is 99.7 cm³/mol. The minimum Gasteiger partial charge on any atom is -0.352 e. The van der Waals surface area contributed by atoms with Gasteiger partial charge in [0.15, 0.2) is 0 Å². The maximum Gasteiger partial charge on any atom is 0.227 e. The van der Waals surface area contributed by atoms with Crippen molar-refractivity contribution in [2.45, 2.75) is 26.8 Å². The van der Waals surface area contributed by atoms with Crippen molar-refractivity contribution in [3.8, 4) is 0 Å². The van der Waals surface area contributed by atoms with Crippen LogP contribution in [0.1, 0.15) is 23.1 Å². The Morgan fingerprint density at radius 2 is 1.92 bits per heavy atom. The smallest absolute Gasteiger partial charge is 0.227 e.